The van der Waals surface area contributed by atoms with E-state index in [4.69, 9.17) is 27.9 Å². The molecular formula is C30H23Cl2NO5. The highest BCUT2D eigenvalue weighted by Gasteiger charge is 2.73. The van der Waals surface area contributed by atoms with Gasteiger partial charge in [-0.2, -0.15) is 0 Å². The molecule has 8 heteroatoms. The Hall–Kier alpha value is -3.48. The van der Waals surface area contributed by atoms with Crippen LogP contribution in [-0.4, -0.2) is 41.1 Å². The Morgan fingerprint density at radius 1 is 0.816 bits per heavy atom. The van der Waals surface area contributed by atoms with Gasteiger partial charge in [0.2, 0.25) is 11.8 Å². The first-order valence-electron chi connectivity index (χ1n) is 12.3. The third-order valence-electron chi connectivity index (χ3n) is 8.07. The van der Waals surface area contributed by atoms with E-state index in [2.05, 4.69) is 0 Å². The predicted octanol–water partition coefficient (Wildman–Crippen LogP) is 4.70. The number of carbonyl (C=O) groups is 4. The highest BCUT2D eigenvalue weighted by Crippen LogP contribution is 2.69. The number of hydrogen-bond acceptors (Lipinski definition) is 5. The number of likely N-dealkylation sites (tertiary alicyclic amines) is 1. The third-order valence-corrected chi connectivity index (χ3v) is 9.35. The number of halogens is 2. The summed E-state index contributed by atoms with van der Waals surface area (Å²) in [6, 6.07) is 20.2. The first-order chi connectivity index (χ1) is 18.1. The fourth-order valence-electron chi connectivity index (χ4n) is 6.26. The summed E-state index contributed by atoms with van der Waals surface area (Å²) in [7, 11) is 0. The van der Waals surface area contributed by atoms with Gasteiger partial charge in [-0.25, -0.2) is 4.79 Å². The minimum atomic E-state index is -1.33. The average Bonchev–Trinajstić information content (AvgIpc) is 3.21. The molecule has 4 aliphatic rings. The monoisotopic (exact) mass is 547 g/mol. The zero-order chi connectivity index (χ0) is 27.0. The summed E-state index contributed by atoms with van der Waals surface area (Å²) >= 11 is 14.8. The van der Waals surface area contributed by atoms with E-state index in [0.29, 0.717) is 27.8 Å². The van der Waals surface area contributed by atoms with Gasteiger partial charge in [0.1, 0.15) is 15.8 Å². The van der Waals surface area contributed by atoms with E-state index in [0.717, 1.165) is 10.5 Å². The largest absolute Gasteiger partial charge is 0.456 e. The van der Waals surface area contributed by atoms with Crippen LogP contribution in [0.4, 0.5) is 0 Å². The normalized spacial score (nSPS) is 27.4. The molecule has 192 valence electrons. The van der Waals surface area contributed by atoms with Gasteiger partial charge < -0.3 is 4.74 Å². The number of nitrogens with zero attached hydrogens (tertiary/aromatic N) is 1. The van der Waals surface area contributed by atoms with Crippen molar-refractivity contribution in [2.75, 3.05) is 6.61 Å². The van der Waals surface area contributed by atoms with Crippen LogP contribution in [0.25, 0.3) is 0 Å². The number of hydrogen-bond donors (Lipinski definition) is 0. The lowest BCUT2D eigenvalue weighted by atomic mass is 9.54. The van der Waals surface area contributed by atoms with Gasteiger partial charge in [0.25, 0.3) is 0 Å². The highest BCUT2D eigenvalue weighted by atomic mass is 35.5. The van der Waals surface area contributed by atoms with E-state index >= 15 is 0 Å². The van der Waals surface area contributed by atoms with E-state index in [9.17, 15) is 19.2 Å². The highest BCUT2D eigenvalue weighted by molar-refractivity contribution is 6.36. The molecule has 38 heavy (non-hydrogen) atoms. The van der Waals surface area contributed by atoms with Crippen LogP contribution in [0.2, 0.25) is 0 Å². The molecule has 1 fully saturated rings. The number of imide groups is 1. The number of aryl methyl sites for hydroxylation is 1. The minimum absolute atomic E-state index is 0.387. The molecule has 3 atom stereocenters. The molecule has 2 bridgehead atoms. The summed E-state index contributed by atoms with van der Waals surface area (Å²) in [6.45, 7) is 2.80. The molecule has 3 aromatic carbocycles. The molecule has 7 rings (SSSR count). The van der Waals surface area contributed by atoms with Crippen molar-refractivity contribution < 1.29 is 23.9 Å². The van der Waals surface area contributed by atoms with Crippen LogP contribution < -0.4 is 0 Å². The van der Waals surface area contributed by atoms with Crippen molar-refractivity contribution in [2.24, 2.45) is 11.8 Å². The van der Waals surface area contributed by atoms with Crippen LogP contribution in [0.1, 0.15) is 45.1 Å². The van der Waals surface area contributed by atoms with Crippen LogP contribution in [0.3, 0.4) is 0 Å². The SMILES string of the molecule is Cc1ccc(C(=O)COC(=O)[C@H](C)N2C(=O)[C@@H]3[C@H](C2=O)C2(Cl)c4ccccc4C3(Cl)c3ccccc32)cc1. The Bertz CT molecular complexity index is 1410. The molecule has 0 unspecified atom stereocenters. The Morgan fingerprint density at radius 2 is 1.24 bits per heavy atom. The fourth-order valence-corrected chi connectivity index (χ4v) is 7.35. The number of benzene rings is 3. The Kier molecular flexibility index (Phi) is 5.57. The number of ether oxygens (including phenoxy) is 1. The summed E-state index contributed by atoms with van der Waals surface area (Å²) in [5, 5.41) is 0. The number of carbonyl (C=O) groups excluding carboxylic acids is 4. The van der Waals surface area contributed by atoms with Gasteiger partial charge in [0.15, 0.2) is 12.4 Å². The van der Waals surface area contributed by atoms with E-state index in [1.165, 1.54) is 6.92 Å². The number of Topliss-reactive ketones (excluding diaryl/α,β-unsaturated/α-hetero) is 1. The van der Waals surface area contributed by atoms with Crippen LogP contribution in [0.15, 0.2) is 72.8 Å². The first-order valence-corrected chi connectivity index (χ1v) is 13.1. The summed E-state index contributed by atoms with van der Waals surface area (Å²) < 4.78 is 5.26. The van der Waals surface area contributed by atoms with E-state index < -0.39 is 52.0 Å². The van der Waals surface area contributed by atoms with E-state index in [1.807, 2.05) is 55.5 Å². The maximum absolute atomic E-state index is 13.9. The third kappa shape index (κ3) is 3.13. The van der Waals surface area contributed by atoms with Crippen molar-refractivity contribution in [1.82, 2.24) is 4.90 Å². The van der Waals surface area contributed by atoms with Crippen molar-refractivity contribution in [3.8, 4) is 0 Å². The van der Waals surface area contributed by atoms with Gasteiger partial charge >= 0.3 is 5.97 Å². The molecule has 0 radical (unpaired) electrons. The van der Waals surface area contributed by atoms with Crippen LogP contribution in [0.5, 0.6) is 0 Å². The summed E-state index contributed by atoms with van der Waals surface area (Å²) in [4.78, 5) is 51.6. The predicted molar refractivity (Wildman–Crippen MR) is 141 cm³/mol. The molecule has 1 saturated heterocycles. The molecule has 1 aliphatic heterocycles. The Labute approximate surface area is 229 Å². The summed E-state index contributed by atoms with van der Waals surface area (Å²) in [6.07, 6.45) is 0. The van der Waals surface area contributed by atoms with Crippen molar-refractivity contribution in [3.05, 3.63) is 106 Å². The molecular weight excluding hydrogens is 525 g/mol. The topological polar surface area (TPSA) is 80.8 Å². The average molecular weight is 548 g/mol. The molecule has 3 aromatic rings. The fraction of sp³-hybridized carbons (Fsp3) is 0.267. The number of rotatable bonds is 5. The molecule has 1 heterocycles. The minimum Gasteiger partial charge on any atom is -0.456 e. The van der Waals surface area contributed by atoms with Gasteiger partial charge in [-0.1, -0.05) is 78.4 Å². The second kappa shape index (κ2) is 8.52. The van der Waals surface area contributed by atoms with Gasteiger partial charge in [-0.15, -0.1) is 23.2 Å². The van der Waals surface area contributed by atoms with Crippen LogP contribution in [0, 0.1) is 18.8 Å². The molecule has 0 spiro atoms. The smallest absolute Gasteiger partial charge is 0.329 e. The molecule has 0 saturated carbocycles. The first kappa shape index (κ1) is 24.8. The van der Waals surface area contributed by atoms with E-state index in [-0.39, 0.29) is 5.78 Å². The molecule has 3 aliphatic carbocycles. The standard InChI is InChI=1S/C30H23Cl2NO5/c1-16-11-13-18(14-12-16)23(34)15-38-28(37)17(2)33-26(35)24-25(27(33)36)30(32)20-8-4-3-7-19(20)29(24,31)21-9-5-6-10-22(21)30/h3-14,17,24-25H,15H2,1-2H3/t17-,24-,25+,29?,30?/m0/s1. The van der Waals surface area contributed by atoms with Crippen molar-refractivity contribution in [2.45, 2.75) is 29.6 Å². The van der Waals surface area contributed by atoms with Gasteiger partial charge in [0.05, 0.1) is 11.8 Å². The van der Waals surface area contributed by atoms with Crippen molar-refractivity contribution in [1.29, 1.82) is 0 Å². The maximum Gasteiger partial charge on any atom is 0.329 e. The number of alkyl halides is 2. The number of ketones is 1. The zero-order valence-corrected chi connectivity index (χ0v) is 22.1. The second-order valence-corrected chi connectivity index (χ2v) is 11.3. The second-order valence-electron chi connectivity index (χ2n) is 10.1. The molecule has 0 N–H and O–H groups in total. The summed E-state index contributed by atoms with van der Waals surface area (Å²) in [5.41, 5.74) is 4.11. The Morgan fingerprint density at radius 3 is 1.66 bits per heavy atom. The molecule has 0 aromatic heterocycles. The van der Waals surface area contributed by atoms with E-state index in [1.54, 1.807) is 24.3 Å². The lowest BCUT2D eigenvalue weighted by Crippen LogP contribution is -2.57. The molecule has 6 nitrogen and oxygen atoms in total. The number of esters is 1. The maximum atomic E-state index is 13.9. The van der Waals surface area contributed by atoms with Crippen LogP contribution in [-0.2, 0) is 28.9 Å². The zero-order valence-electron chi connectivity index (χ0n) is 20.6. The summed E-state index contributed by atoms with van der Waals surface area (Å²) in [5.74, 6) is -4.44. The molecule has 2 amide bonds. The van der Waals surface area contributed by atoms with Crippen LogP contribution >= 0.6 is 23.2 Å². The Balaban J connectivity index is 1.33. The van der Waals surface area contributed by atoms with Gasteiger partial charge in [0, 0.05) is 5.56 Å². The lowest BCUT2D eigenvalue weighted by Gasteiger charge is -2.54. The van der Waals surface area contributed by atoms with Crippen molar-refractivity contribution >= 4 is 46.8 Å². The quantitative estimate of drug-likeness (QED) is 0.200. The van der Waals surface area contributed by atoms with Crippen molar-refractivity contribution in [3.63, 3.8) is 0 Å². The number of amides is 2. The lowest BCUT2D eigenvalue weighted by molar-refractivity contribution is -0.157. The van der Waals surface area contributed by atoms with Gasteiger partial charge in [-0.3, -0.25) is 19.3 Å². The van der Waals surface area contributed by atoms with Gasteiger partial charge in [-0.05, 0) is 36.1 Å².